The highest BCUT2D eigenvalue weighted by Crippen LogP contribution is 2.44. The number of ether oxygens (including phenoxy) is 8. The third kappa shape index (κ3) is 7.51. The molecule has 2 aliphatic heterocycles. The number of halogens is 1. The van der Waals surface area contributed by atoms with Crippen LogP contribution >= 0.6 is 11.6 Å². The molecule has 2 aliphatic rings. The molecule has 13 nitrogen and oxygen atoms in total. The van der Waals surface area contributed by atoms with E-state index >= 15 is 0 Å². The molecule has 0 saturated heterocycles. The van der Waals surface area contributed by atoms with E-state index in [9.17, 15) is 4.79 Å². The lowest BCUT2D eigenvalue weighted by Gasteiger charge is -2.28. The second-order valence-electron chi connectivity index (χ2n) is 11.6. The van der Waals surface area contributed by atoms with Crippen molar-refractivity contribution in [3.8, 4) is 46.0 Å². The third-order valence-electron chi connectivity index (χ3n) is 8.52. The normalized spacial score (nSPS) is 16.0. The van der Waals surface area contributed by atoms with E-state index in [-0.39, 0.29) is 5.91 Å². The molecular formula is C38H40ClN3O10. The Kier molecular flexibility index (Phi) is 11.2. The van der Waals surface area contributed by atoms with Crippen molar-refractivity contribution in [1.82, 2.24) is 10.8 Å². The highest BCUT2D eigenvalue weighted by atomic mass is 35.5. The first kappa shape index (κ1) is 36.1. The van der Waals surface area contributed by atoms with Crippen LogP contribution in [0, 0.1) is 0 Å². The monoisotopic (exact) mass is 733 g/mol. The molecule has 1 amide bonds. The SMILES string of the molecule is COc1cc(C2NC(=O)c3cc(Cl)ccc3N2)ccc1OCCCOc1c(OC)cc(C2C=C(c3cc(OC)c(OC)c(OC)c3)NO2)cc1OC. The topological polar surface area (TPSA) is 136 Å². The van der Waals surface area contributed by atoms with Crippen LogP contribution in [0.15, 0.2) is 66.7 Å². The summed E-state index contributed by atoms with van der Waals surface area (Å²) in [6.45, 7) is 0.668. The Hall–Kier alpha value is -5.66. The lowest BCUT2D eigenvalue weighted by atomic mass is 10.0. The number of fused-ring (bicyclic) bond motifs is 1. The van der Waals surface area contributed by atoms with Gasteiger partial charge in [-0.05, 0) is 71.8 Å². The Morgan fingerprint density at radius 2 is 1.29 bits per heavy atom. The summed E-state index contributed by atoms with van der Waals surface area (Å²) in [7, 11) is 9.40. The minimum atomic E-state index is -0.458. The van der Waals surface area contributed by atoms with Crippen molar-refractivity contribution >= 4 is 28.9 Å². The van der Waals surface area contributed by atoms with Gasteiger partial charge >= 0.3 is 0 Å². The maximum absolute atomic E-state index is 12.7. The van der Waals surface area contributed by atoms with Crippen molar-refractivity contribution in [2.24, 2.45) is 0 Å². The second kappa shape index (κ2) is 16.1. The summed E-state index contributed by atoms with van der Waals surface area (Å²) < 4.78 is 45.7. The van der Waals surface area contributed by atoms with Gasteiger partial charge in [-0.3, -0.25) is 15.1 Å². The van der Waals surface area contributed by atoms with Crippen LogP contribution in [0.5, 0.6) is 46.0 Å². The predicted molar refractivity (Wildman–Crippen MR) is 194 cm³/mol. The molecule has 274 valence electrons. The number of hydrogen-bond acceptors (Lipinski definition) is 12. The molecule has 0 bridgehead atoms. The molecule has 4 aromatic rings. The number of hydrogen-bond donors (Lipinski definition) is 3. The molecule has 0 aromatic heterocycles. The first-order valence-electron chi connectivity index (χ1n) is 16.3. The second-order valence-corrected chi connectivity index (χ2v) is 12.0. The number of carbonyl (C=O) groups excluding carboxylic acids is 1. The number of nitrogens with one attached hydrogen (secondary N) is 3. The quantitative estimate of drug-likeness (QED) is 0.112. The fourth-order valence-corrected chi connectivity index (χ4v) is 6.08. The lowest BCUT2D eigenvalue weighted by Crippen LogP contribution is -2.38. The number of hydroxylamine groups is 1. The summed E-state index contributed by atoms with van der Waals surface area (Å²) in [4.78, 5) is 18.6. The zero-order valence-corrected chi connectivity index (χ0v) is 30.3. The molecule has 0 radical (unpaired) electrons. The van der Waals surface area contributed by atoms with Gasteiger partial charge in [0.05, 0.1) is 67.1 Å². The van der Waals surface area contributed by atoms with Crippen LogP contribution in [0.3, 0.4) is 0 Å². The van der Waals surface area contributed by atoms with Crippen molar-refractivity contribution in [2.75, 3.05) is 61.2 Å². The van der Waals surface area contributed by atoms with Gasteiger partial charge in [0.15, 0.2) is 34.5 Å². The van der Waals surface area contributed by atoms with Crippen molar-refractivity contribution in [2.45, 2.75) is 18.7 Å². The van der Waals surface area contributed by atoms with Crippen LogP contribution in [-0.4, -0.2) is 61.8 Å². The summed E-state index contributed by atoms with van der Waals surface area (Å²) in [5, 5.41) is 6.77. The smallest absolute Gasteiger partial charge is 0.255 e. The van der Waals surface area contributed by atoms with Crippen LogP contribution in [0.25, 0.3) is 5.70 Å². The molecule has 2 atom stereocenters. The standard InChI is InChI=1S/C38H40ClN3O10/c1-44-30-14-21(37-40-26-10-9-24(39)19-25(26)38(43)41-37)8-11-28(30)50-12-7-13-51-36-33(47-4)17-23(18-34(36)48-5)29-20-27(42-52-29)22-15-31(45-2)35(49-6)32(16-22)46-3/h8-11,14-20,29,37,40,42H,7,12-13H2,1-6H3,(H,41,43). The summed E-state index contributed by atoms with van der Waals surface area (Å²) in [6, 6.07) is 18.0. The number of methoxy groups -OCH3 is 6. The number of benzene rings is 4. The van der Waals surface area contributed by atoms with Gasteiger partial charge < -0.3 is 48.5 Å². The Morgan fingerprint density at radius 1 is 0.654 bits per heavy atom. The van der Waals surface area contributed by atoms with E-state index in [0.29, 0.717) is 81.9 Å². The average Bonchev–Trinajstić information content (AvgIpc) is 3.67. The maximum Gasteiger partial charge on any atom is 0.255 e. The van der Waals surface area contributed by atoms with Crippen LogP contribution < -0.4 is 54.0 Å². The van der Waals surface area contributed by atoms with Crippen LogP contribution in [0.2, 0.25) is 5.02 Å². The Morgan fingerprint density at radius 3 is 1.94 bits per heavy atom. The van der Waals surface area contributed by atoms with E-state index in [1.165, 1.54) is 0 Å². The largest absolute Gasteiger partial charge is 0.493 e. The maximum atomic E-state index is 12.7. The van der Waals surface area contributed by atoms with Gasteiger partial charge in [-0.15, -0.1) is 0 Å². The van der Waals surface area contributed by atoms with E-state index < -0.39 is 12.3 Å². The first-order chi connectivity index (χ1) is 25.3. The van der Waals surface area contributed by atoms with E-state index in [0.717, 1.165) is 22.4 Å². The Bertz CT molecular complexity index is 1920. The van der Waals surface area contributed by atoms with Gasteiger partial charge in [0, 0.05) is 22.7 Å². The average molecular weight is 734 g/mol. The number of rotatable bonds is 15. The summed E-state index contributed by atoms with van der Waals surface area (Å²) in [5.74, 6) is 3.85. The molecular weight excluding hydrogens is 694 g/mol. The van der Waals surface area contributed by atoms with Gasteiger partial charge in [-0.2, -0.15) is 0 Å². The molecule has 0 aliphatic carbocycles. The van der Waals surface area contributed by atoms with Crippen LogP contribution in [-0.2, 0) is 4.84 Å². The van der Waals surface area contributed by atoms with E-state index in [1.54, 1.807) is 60.9 Å². The molecule has 14 heteroatoms. The third-order valence-corrected chi connectivity index (χ3v) is 8.75. The molecule has 0 saturated carbocycles. The predicted octanol–water partition coefficient (Wildman–Crippen LogP) is 6.71. The summed E-state index contributed by atoms with van der Waals surface area (Å²) >= 11 is 6.07. The van der Waals surface area contributed by atoms with Crippen LogP contribution in [0.4, 0.5) is 5.69 Å². The lowest BCUT2D eigenvalue weighted by molar-refractivity contribution is 0.0508. The van der Waals surface area contributed by atoms with Gasteiger partial charge in [0.1, 0.15) is 12.3 Å². The Labute approximate surface area is 306 Å². The van der Waals surface area contributed by atoms with Gasteiger partial charge in [-0.1, -0.05) is 17.7 Å². The fourth-order valence-electron chi connectivity index (χ4n) is 5.90. The molecule has 2 unspecified atom stereocenters. The Balaban J connectivity index is 1.08. The molecule has 0 fully saturated rings. The minimum Gasteiger partial charge on any atom is -0.493 e. The molecule has 6 rings (SSSR count). The number of amides is 1. The number of carbonyl (C=O) groups is 1. The van der Waals surface area contributed by atoms with Crippen molar-refractivity contribution in [1.29, 1.82) is 0 Å². The molecule has 2 heterocycles. The van der Waals surface area contributed by atoms with Gasteiger partial charge in [-0.25, -0.2) is 0 Å². The fraction of sp³-hybridized carbons (Fsp3) is 0.289. The zero-order valence-electron chi connectivity index (χ0n) is 29.6. The van der Waals surface area contributed by atoms with E-state index in [2.05, 4.69) is 16.1 Å². The molecule has 3 N–H and O–H groups in total. The summed E-state index contributed by atoms with van der Waals surface area (Å²) in [6.07, 6.45) is 1.57. The number of anilines is 1. The zero-order chi connectivity index (χ0) is 36.8. The molecule has 52 heavy (non-hydrogen) atoms. The first-order valence-corrected chi connectivity index (χ1v) is 16.7. The summed E-state index contributed by atoms with van der Waals surface area (Å²) in [5.41, 5.74) is 7.28. The van der Waals surface area contributed by atoms with Gasteiger partial charge in [0.25, 0.3) is 5.91 Å². The van der Waals surface area contributed by atoms with E-state index in [1.807, 2.05) is 48.5 Å². The molecule has 0 spiro atoms. The minimum absolute atomic E-state index is 0.217. The molecule has 4 aromatic carbocycles. The van der Waals surface area contributed by atoms with Crippen molar-refractivity contribution in [3.05, 3.63) is 94.0 Å². The van der Waals surface area contributed by atoms with Crippen molar-refractivity contribution in [3.63, 3.8) is 0 Å². The highest BCUT2D eigenvalue weighted by molar-refractivity contribution is 6.31. The van der Waals surface area contributed by atoms with E-state index in [4.69, 9.17) is 54.3 Å². The van der Waals surface area contributed by atoms with Gasteiger partial charge in [0.2, 0.25) is 11.5 Å². The van der Waals surface area contributed by atoms with Crippen molar-refractivity contribution < 1.29 is 47.5 Å². The highest BCUT2D eigenvalue weighted by Gasteiger charge is 2.27. The van der Waals surface area contributed by atoms with Crippen LogP contribution in [0.1, 0.15) is 45.7 Å².